The molecule has 0 aromatic heterocycles. The maximum absolute atomic E-state index is 12.3. The van der Waals surface area contributed by atoms with Gasteiger partial charge in [0.15, 0.2) is 0 Å². The molecule has 96 valence electrons. The molecule has 2 fully saturated rings. The molecular formula is C12H20N2O3. The predicted molar refractivity (Wildman–Crippen MR) is 62.4 cm³/mol. The number of likely N-dealkylation sites (tertiary alicyclic amines) is 1. The molecule has 2 heterocycles. The summed E-state index contributed by atoms with van der Waals surface area (Å²) < 4.78 is 4.78. The Hall–Kier alpha value is -1.10. The fraction of sp³-hybridized carbons (Fsp3) is 0.833. The number of nitrogens with one attached hydrogen (secondary N) is 1. The number of methoxy groups -OCH3 is 1. The summed E-state index contributed by atoms with van der Waals surface area (Å²) in [5.41, 5.74) is 0. The first-order chi connectivity index (χ1) is 8.24. The quantitative estimate of drug-likeness (QED) is 0.705. The van der Waals surface area contributed by atoms with Crippen LogP contribution in [0.4, 0.5) is 0 Å². The van der Waals surface area contributed by atoms with Gasteiger partial charge in [0.1, 0.15) is 6.04 Å². The van der Waals surface area contributed by atoms with Crippen molar-refractivity contribution in [2.45, 2.75) is 44.2 Å². The third kappa shape index (κ3) is 2.60. The molecule has 0 aliphatic carbocycles. The van der Waals surface area contributed by atoms with Crippen molar-refractivity contribution in [3.8, 4) is 0 Å². The Balaban J connectivity index is 2.04. The van der Waals surface area contributed by atoms with Crippen LogP contribution in [0.3, 0.4) is 0 Å². The van der Waals surface area contributed by atoms with E-state index < -0.39 is 0 Å². The molecule has 1 N–H and O–H groups in total. The van der Waals surface area contributed by atoms with Crippen LogP contribution in [-0.2, 0) is 14.3 Å². The molecule has 2 aliphatic heterocycles. The minimum Gasteiger partial charge on any atom is -0.467 e. The van der Waals surface area contributed by atoms with Crippen LogP contribution >= 0.6 is 0 Å². The Morgan fingerprint density at radius 3 is 2.71 bits per heavy atom. The molecule has 0 spiro atoms. The van der Waals surface area contributed by atoms with Crippen LogP contribution in [0, 0.1) is 0 Å². The zero-order chi connectivity index (χ0) is 12.3. The topological polar surface area (TPSA) is 58.6 Å². The van der Waals surface area contributed by atoms with Gasteiger partial charge in [-0.25, -0.2) is 4.79 Å². The van der Waals surface area contributed by atoms with E-state index in [4.69, 9.17) is 4.74 Å². The molecular weight excluding hydrogens is 220 g/mol. The van der Waals surface area contributed by atoms with Crippen LogP contribution in [0.1, 0.15) is 32.1 Å². The van der Waals surface area contributed by atoms with E-state index in [0.717, 1.165) is 38.6 Å². The lowest BCUT2D eigenvalue weighted by Gasteiger charge is -2.35. The lowest BCUT2D eigenvalue weighted by molar-refractivity contribution is -0.155. The van der Waals surface area contributed by atoms with Crippen molar-refractivity contribution in [2.75, 3.05) is 20.2 Å². The Kier molecular flexibility index (Phi) is 3.99. The largest absolute Gasteiger partial charge is 0.467 e. The van der Waals surface area contributed by atoms with Gasteiger partial charge in [-0.15, -0.1) is 0 Å². The first kappa shape index (κ1) is 12.4. The number of piperidine rings is 1. The monoisotopic (exact) mass is 240 g/mol. The minimum absolute atomic E-state index is 0.0672. The van der Waals surface area contributed by atoms with Crippen LogP contribution in [-0.4, -0.2) is 49.1 Å². The number of ether oxygens (including phenoxy) is 1. The Bertz CT molecular complexity index is 300. The lowest BCUT2D eigenvalue weighted by atomic mass is 10.0. The molecule has 1 amide bonds. The van der Waals surface area contributed by atoms with Crippen molar-refractivity contribution in [2.24, 2.45) is 0 Å². The Morgan fingerprint density at radius 1 is 1.24 bits per heavy atom. The summed E-state index contributed by atoms with van der Waals surface area (Å²) in [6.45, 7) is 1.57. The number of rotatable bonds is 2. The second kappa shape index (κ2) is 5.49. The van der Waals surface area contributed by atoms with Gasteiger partial charge in [0.05, 0.1) is 13.2 Å². The van der Waals surface area contributed by atoms with Crippen molar-refractivity contribution < 1.29 is 14.3 Å². The second-order valence-electron chi connectivity index (χ2n) is 4.72. The predicted octanol–water partition coefficient (Wildman–Crippen LogP) is 0.293. The second-order valence-corrected chi connectivity index (χ2v) is 4.72. The zero-order valence-corrected chi connectivity index (χ0v) is 10.3. The number of hydrogen-bond acceptors (Lipinski definition) is 4. The number of nitrogens with zero attached hydrogens (tertiary/aromatic N) is 1. The van der Waals surface area contributed by atoms with Gasteiger partial charge in [-0.3, -0.25) is 4.79 Å². The van der Waals surface area contributed by atoms with E-state index in [-0.39, 0.29) is 24.0 Å². The highest BCUT2D eigenvalue weighted by Gasteiger charge is 2.36. The molecule has 2 atom stereocenters. The molecule has 0 saturated carbocycles. The highest BCUT2D eigenvalue weighted by atomic mass is 16.5. The molecule has 17 heavy (non-hydrogen) atoms. The standard InChI is InChI=1S/C12H20N2O3/c1-17-12(16)10-6-2-3-8-14(10)11(15)9-5-4-7-13-9/h9-10,13H,2-8H2,1H3. The van der Waals surface area contributed by atoms with Gasteiger partial charge in [0, 0.05) is 6.54 Å². The van der Waals surface area contributed by atoms with Crippen molar-refractivity contribution in [3.63, 3.8) is 0 Å². The SMILES string of the molecule is COC(=O)C1CCCCN1C(=O)C1CCCN1. The average molecular weight is 240 g/mol. The minimum atomic E-state index is -0.372. The van der Waals surface area contributed by atoms with Gasteiger partial charge in [0.25, 0.3) is 0 Å². The van der Waals surface area contributed by atoms with Gasteiger partial charge in [-0.2, -0.15) is 0 Å². The molecule has 2 saturated heterocycles. The molecule has 0 aromatic carbocycles. The highest BCUT2D eigenvalue weighted by Crippen LogP contribution is 2.20. The van der Waals surface area contributed by atoms with Crippen molar-refractivity contribution in [1.29, 1.82) is 0 Å². The molecule has 5 heteroatoms. The highest BCUT2D eigenvalue weighted by molar-refractivity contribution is 5.88. The molecule has 0 radical (unpaired) electrons. The summed E-state index contributed by atoms with van der Waals surface area (Å²) in [5.74, 6) is -0.214. The van der Waals surface area contributed by atoms with Crippen LogP contribution in [0.5, 0.6) is 0 Å². The van der Waals surface area contributed by atoms with E-state index in [2.05, 4.69) is 5.32 Å². The maximum Gasteiger partial charge on any atom is 0.328 e. The third-order valence-electron chi connectivity index (χ3n) is 3.62. The summed E-state index contributed by atoms with van der Waals surface area (Å²) in [7, 11) is 1.38. The smallest absolute Gasteiger partial charge is 0.328 e. The Labute approximate surface area is 101 Å². The zero-order valence-electron chi connectivity index (χ0n) is 10.3. The van der Waals surface area contributed by atoms with Gasteiger partial charge in [0.2, 0.25) is 5.91 Å². The van der Waals surface area contributed by atoms with E-state index in [1.54, 1.807) is 4.90 Å². The molecule has 2 aliphatic rings. The molecule has 2 rings (SSSR count). The van der Waals surface area contributed by atoms with Gasteiger partial charge in [-0.05, 0) is 38.6 Å². The molecule has 5 nitrogen and oxygen atoms in total. The van der Waals surface area contributed by atoms with Crippen LogP contribution < -0.4 is 5.32 Å². The number of carbonyl (C=O) groups is 2. The lowest BCUT2D eigenvalue weighted by Crippen LogP contribution is -2.53. The van der Waals surface area contributed by atoms with Crippen LogP contribution in [0.2, 0.25) is 0 Å². The van der Waals surface area contributed by atoms with Crippen LogP contribution in [0.15, 0.2) is 0 Å². The van der Waals surface area contributed by atoms with Gasteiger partial charge < -0.3 is 15.0 Å². The Morgan fingerprint density at radius 2 is 2.06 bits per heavy atom. The molecule has 2 unspecified atom stereocenters. The van der Waals surface area contributed by atoms with Crippen molar-refractivity contribution in [3.05, 3.63) is 0 Å². The third-order valence-corrected chi connectivity index (χ3v) is 3.62. The fourth-order valence-corrected chi connectivity index (χ4v) is 2.67. The van der Waals surface area contributed by atoms with Crippen molar-refractivity contribution >= 4 is 11.9 Å². The number of amides is 1. The first-order valence-corrected chi connectivity index (χ1v) is 6.35. The van der Waals surface area contributed by atoms with E-state index in [1.165, 1.54) is 7.11 Å². The number of hydrogen-bond donors (Lipinski definition) is 1. The molecule has 0 bridgehead atoms. The van der Waals surface area contributed by atoms with Gasteiger partial charge >= 0.3 is 5.97 Å². The average Bonchev–Trinajstić information content (AvgIpc) is 2.91. The number of esters is 1. The summed E-state index contributed by atoms with van der Waals surface area (Å²) in [4.78, 5) is 25.7. The van der Waals surface area contributed by atoms with Crippen LogP contribution in [0.25, 0.3) is 0 Å². The first-order valence-electron chi connectivity index (χ1n) is 6.35. The number of carbonyl (C=O) groups excluding carboxylic acids is 2. The fourth-order valence-electron chi connectivity index (χ4n) is 2.67. The maximum atomic E-state index is 12.3. The van der Waals surface area contributed by atoms with E-state index >= 15 is 0 Å². The van der Waals surface area contributed by atoms with E-state index in [1.807, 2.05) is 0 Å². The van der Waals surface area contributed by atoms with E-state index in [0.29, 0.717) is 6.54 Å². The summed E-state index contributed by atoms with van der Waals surface area (Å²) in [5, 5.41) is 3.19. The summed E-state index contributed by atoms with van der Waals surface area (Å²) in [6, 6.07) is -0.469. The van der Waals surface area contributed by atoms with Gasteiger partial charge in [-0.1, -0.05) is 0 Å². The summed E-state index contributed by atoms with van der Waals surface area (Å²) >= 11 is 0. The molecule has 0 aromatic rings. The summed E-state index contributed by atoms with van der Waals surface area (Å²) in [6.07, 6.45) is 4.61. The van der Waals surface area contributed by atoms with E-state index in [9.17, 15) is 9.59 Å². The normalized spacial score (nSPS) is 29.1. The van der Waals surface area contributed by atoms with Crippen molar-refractivity contribution in [1.82, 2.24) is 10.2 Å².